The van der Waals surface area contributed by atoms with Gasteiger partial charge in [0.2, 0.25) is 0 Å². The van der Waals surface area contributed by atoms with Crippen LogP contribution in [0.4, 0.5) is 0 Å². The van der Waals surface area contributed by atoms with Crippen LogP contribution in [0.2, 0.25) is 0 Å². The third-order valence-corrected chi connectivity index (χ3v) is 4.98. The summed E-state index contributed by atoms with van der Waals surface area (Å²) in [7, 11) is 1.61. The number of benzene rings is 3. The van der Waals surface area contributed by atoms with Crippen LogP contribution in [0.3, 0.4) is 0 Å². The lowest BCUT2D eigenvalue weighted by Crippen LogP contribution is -2.42. The maximum Gasteiger partial charge on any atom is 0.193 e. The average molecular weight is 341 g/mol. The molecule has 0 saturated heterocycles. The first-order valence-electron chi connectivity index (χ1n) is 8.61. The topological polar surface area (TPSA) is 42.2 Å². The summed E-state index contributed by atoms with van der Waals surface area (Å²) in [6, 6.07) is 30.3. The lowest BCUT2D eigenvalue weighted by atomic mass is 9.71. The Morgan fingerprint density at radius 2 is 1.42 bits per heavy atom. The zero-order valence-electron chi connectivity index (χ0n) is 14.5. The Morgan fingerprint density at radius 3 is 2.04 bits per heavy atom. The fourth-order valence-electron chi connectivity index (χ4n) is 3.82. The number of fused-ring (bicyclic) bond motifs is 1. The predicted octanol–water partition coefficient (Wildman–Crippen LogP) is 4.91. The maximum absolute atomic E-state index is 10.3. The summed E-state index contributed by atoms with van der Waals surface area (Å²) in [6.07, 6.45) is -0.592. The van der Waals surface area contributed by atoms with Crippen molar-refractivity contribution < 1.29 is 9.47 Å². The summed E-state index contributed by atoms with van der Waals surface area (Å²) in [5, 5.41) is 10.3. The second-order valence-corrected chi connectivity index (χ2v) is 6.37. The summed E-state index contributed by atoms with van der Waals surface area (Å²) in [6.45, 7) is 0. The van der Waals surface area contributed by atoms with Gasteiger partial charge in [0.25, 0.3) is 0 Å². The van der Waals surface area contributed by atoms with Gasteiger partial charge in [-0.1, -0.05) is 84.9 Å². The van der Waals surface area contributed by atoms with Gasteiger partial charge in [-0.15, -0.1) is 0 Å². The highest BCUT2D eigenvalue weighted by Crippen LogP contribution is 2.52. The number of rotatable bonds is 3. The zero-order chi connectivity index (χ0) is 18.0. The second kappa shape index (κ2) is 6.76. The monoisotopic (exact) mass is 341 g/mol. The molecule has 0 fully saturated rings. The summed E-state index contributed by atoms with van der Waals surface area (Å²) in [4.78, 5) is 0. The molecule has 26 heavy (non-hydrogen) atoms. The van der Waals surface area contributed by atoms with Crippen molar-refractivity contribution in [3.63, 3.8) is 0 Å². The maximum atomic E-state index is 10.3. The van der Waals surface area contributed by atoms with Crippen LogP contribution >= 0.6 is 0 Å². The molecule has 0 bridgehead atoms. The van der Waals surface area contributed by atoms with E-state index in [0.717, 1.165) is 22.3 Å². The first-order chi connectivity index (χ1) is 12.8. The highest BCUT2D eigenvalue weighted by atomic mass is 16.7. The SMILES string of the molecule is CO[C@H]1O[C@@](C#N)(c2ccccc2)[C@@H](c2ccccc2)c2ccccc21. The van der Waals surface area contributed by atoms with Crippen molar-refractivity contribution in [2.45, 2.75) is 17.8 Å². The lowest BCUT2D eigenvalue weighted by molar-refractivity contribution is -0.204. The molecule has 0 N–H and O–H groups in total. The molecule has 0 radical (unpaired) electrons. The fraction of sp³-hybridized carbons (Fsp3) is 0.174. The van der Waals surface area contributed by atoms with Gasteiger partial charge < -0.3 is 9.47 Å². The first-order valence-corrected chi connectivity index (χ1v) is 8.61. The number of ether oxygens (including phenoxy) is 2. The van der Waals surface area contributed by atoms with Crippen LogP contribution in [-0.4, -0.2) is 7.11 Å². The number of nitrogens with zero attached hydrogens (tertiary/aromatic N) is 1. The van der Waals surface area contributed by atoms with Crippen molar-refractivity contribution in [2.24, 2.45) is 0 Å². The Hall–Kier alpha value is -2.93. The van der Waals surface area contributed by atoms with Crippen molar-refractivity contribution in [3.8, 4) is 6.07 Å². The van der Waals surface area contributed by atoms with Crippen LogP contribution in [-0.2, 0) is 15.1 Å². The number of hydrogen-bond donors (Lipinski definition) is 0. The van der Waals surface area contributed by atoms with Crippen molar-refractivity contribution >= 4 is 0 Å². The molecular formula is C23H19NO2. The predicted molar refractivity (Wildman–Crippen MR) is 99.3 cm³/mol. The van der Waals surface area contributed by atoms with Gasteiger partial charge in [-0.3, -0.25) is 0 Å². The van der Waals surface area contributed by atoms with Gasteiger partial charge in [-0.05, 0) is 16.7 Å². The minimum Gasteiger partial charge on any atom is -0.352 e. The molecule has 3 atom stereocenters. The van der Waals surface area contributed by atoms with Crippen molar-refractivity contribution in [1.29, 1.82) is 5.26 Å². The molecule has 4 rings (SSSR count). The molecule has 3 aromatic rings. The van der Waals surface area contributed by atoms with E-state index in [9.17, 15) is 5.26 Å². The summed E-state index contributed by atoms with van der Waals surface area (Å²) in [5.74, 6) is -0.251. The molecule has 1 aliphatic rings. The van der Waals surface area contributed by atoms with Gasteiger partial charge >= 0.3 is 0 Å². The Bertz CT molecular complexity index is 933. The number of nitriles is 1. The molecular weight excluding hydrogens is 322 g/mol. The first kappa shape index (κ1) is 16.5. The van der Waals surface area contributed by atoms with E-state index in [2.05, 4.69) is 12.1 Å². The van der Waals surface area contributed by atoms with Gasteiger partial charge in [0.1, 0.15) is 6.07 Å². The normalized spacial score (nSPS) is 24.5. The average Bonchev–Trinajstić information content (AvgIpc) is 2.73. The molecule has 0 unspecified atom stereocenters. The Balaban J connectivity index is 2.02. The van der Waals surface area contributed by atoms with E-state index in [4.69, 9.17) is 9.47 Å². The van der Waals surface area contributed by atoms with Crippen molar-refractivity contribution in [2.75, 3.05) is 7.11 Å². The van der Waals surface area contributed by atoms with Crippen molar-refractivity contribution in [1.82, 2.24) is 0 Å². The van der Waals surface area contributed by atoms with E-state index in [-0.39, 0.29) is 5.92 Å². The molecule has 0 aliphatic carbocycles. The van der Waals surface area contributed by atoms with Crippen LogP contribution in [0, 0.1) is 11.3 Å². The smallest absolute Gasteiger partial charge is 0.193 e. The molecule has 3 heteroatoms. The van der Waals surface area contributed by atoms with Gasteiger partial charge in [0.05, 0.1) is 5.92 Å². The molecule has 0 spiro atoms. The van der Waals surface area contributed by atoms with E-state index in [1.807, 2.05) is 78.9 Å². The minimum absolute atomic E-state index is 0.251. The zero-order valence-corrected chi connectivity index (χ0v) is 14.5. The summed E-state index contributed by atoms with van der Waals surface area (Å²) < 4.78 is 12.0. The van der Waals surface area contributed by atoms with Crippen LogP contribution < -0.4 is 0 Å². The van der Waals surface area contributed by atoms with E-state index in [1.165, 1.54) is 0 Å². The van der Waals surface area contributed by atoms with E-state index in [0.29, 0.717) is 0 Å². The number of methoxy groups -OCH3 is 1. The highest BCUT2D eigenvalue weighted by Gasteiger charge is 2.50. The second-order valence-electron chi connectivity index (χ2n) is 6.37. The van der Waals surface area contributed by atoms with E-state index >= 15 is 0 Å². The van der Waals surface area contributed by atoms with E-state index in [1.54, 1.807) is 7.11 Å². The third-order valence-electron chi connectivity index (χ3n) is 4.98. The molecule has 3 nitrogen and oxygen atoms in total. The van der Waals surface area contributed by atoms with Crippen LogP contribution in [0.15, 0.2) is 84.9 Å². The van der Waals surface area contributed by atoms with Crippen LogP contribution in [0.5, 0.6) is 0 Å². The van der Waals surface area contributed by atoms with Gasteiger partial charge in [0, 0.05) is 12.7 Å². The molecule has 0 amide bonds. The molecule has 3 aromatic carbocycles. The molecule has 0 aromatic heterocycles. The highest BCUT2D eigenvalue weighted by molar-refractivity contribution is 5.49. The van der Waals surface area contributed by atoms with Gasteiger partial charge in [0.15, 0.2) is 11.9 Å². The third kappa shape index (κ3) is 2.52. The molecule has 0 saturated carbocycles. The van der Waals surface area contributed by atoms with Crippen LogP contribution in [0.1, 0.15) is 34.5 Å². The standard InChI is InChI=1S/C23H19NO2/c1-25-22-20-15-9-8-14-19(20)21(17-10-4-2-5-11-17)23(16-24,26-22)18-12-6-3-7-13-18/h2-15,21-22H,1H3/t21-,22-,23-/m0/s1. The Labute approximate surface area is 153 Å². The Morgan fingerprint density at radius 1 is 0.846 bits per heavy atom. The van der Waals surface area contributed by atoms with Crippen LogP contribution in [0.25, 0.3) is 0 Å². The van der Waals surface area contributed by atoms with Crippen molar-refractivity contribution in [3.05, 3.63) is 107 Å². The lowest BCUT2D eigenvalue weighted by Gasteiger charge is -2.43. The van der Waals surface area contributed by atoms with Gasteiger partial charge in [-0.25, -0.2) is 0 Å². The van der Waals surface area contributed by atoms with Gasteiger partial charge in [-0.2, -0.15) is 5.26 Å². The summed E-state index contributed by atoms with van der Waals surface area (Å²) in [5.41, 5.74) is 2.72. The largest absolute Gasteiger partial charge is 0.352 e. The molecule has 128 valence electrons. The molecule has 1 aliphatic heterocycles. The number of hydrogen-bond acceptors (Lipinski definition) is 3. The Kier molecular flexibility index (Phi) is 4.30. The van der Waals surface area contributed by atoms with E-state index < -0.39 is 11.9 Å². The quantitative estimate of drug-likeness (QED) is 0.679. The molecule has 1 heterocycles. The summed E-state index contributed by atoms with van der Waals surface area (Å²) >= 11 is 0. The minimum atomic E-state index is -1.17. The fourth-order valence-corrected chi connectivity index (χ4v) is 3.82.